The van der Waals surface area contributed by atoms with Gasteiger partial charge in [-0.1, -0.05) is 18.6 Å². The topological polar surface area (TPSA) is 60.2 Å². The highest BCUT2D eigenvalue weighted by atomic mass is 19.4. The number of nitrogens with zero attached hydrogens (tertiary/aromatic N) is 4. The Morgan fingerprint density at radius 2 is 2.00 bits per heavy atom. The van der Waals surface area contributed by atoms with E-state index in [0.717, 1.165) is 36.6 Å². The van der Waals surface area contributed by atoms with E-state index in [2.05, 4.69) is 4.98 Å². The van der Waals surface area contributed by atoms with E-state index in [1.165, 1.54) is 6.92 Å². The fourth-order valence-corrected chi connectivity index (χ4v) is 5.20. The molecule has 0 N–H and O–H groups in total. The molecule has 1 aromatic carbocycles. The molecular formula is C24H25F3N4O. The van der Waals surface area contributed by atoms with Crippen LogP contribution < -0.4 is 9.80 Å². The number of hydrogen-bond donors (Lipinski definition) is 0. The summed E-state index contributed by atoms with van der Waals surface area (Å²) in [5.41, 5.74) is 0.384. The fourth-order valence-electron chi connectivity index (χ4n) is 5.20. The summed E-state index contributed by atoms with van der Waals surface area (Å²) in [6.45, 7) is 3.84. The minimum Gasteiger partial charge on any atom is -0.343 e. The van der Waals surface area contributed by atoms with Gasteiger partial charge in [-0.25, -0.2) is 4.98 Å². The lowest BCUT2D eigenvalue weighted by Gasteiger charge is -2.32. The second kappa shape index (κ2) is 8.12. The van der Waals surface area contributed by atoms with Crippen molar-refractivity contribution in [3.63, 3.8) is 0 Å². The molecule has 1 aromatic heterocycles. The number of amides is 1. The van der Waals surface area contributed by atoms with E-state index in [1.807, 2.05) is 31.2 Å². The molecule has 0 radical (unpaired) electrons. The third kappa shape index (κ3) is 3.81. The van der Waals surface area contributed by atoms with Crippen molar-refractivity contribution in [1.82, 2.24) is 4.98 Å². The average Bonchev–Trinajstić information content (AvgIpc) is 3.32. The van der Waals surface area contributed by atoms with Crippen molar-refractivity contribution in [2.75, 3.05) is 23.4 Å². The summed E-state index contributed by atoms with van der Waals surface area (Å²) in [4.78, 5) is 21.3. The van der Waals surface area contributed by atoms with Crippen LogP contribution in [-0.2, 0) is 11.0 Å². The minimum absolute atomic E-state index is 0.0259. The van der Waals surface area contributed by atoms with Gasteiger partial charge >= 0.3 is 6.18 Å². The first-order valence-corrected chi connectivity index (χ1v) is 10.7. The van der Waals surface area contributed by atoms with Gasteiger partial charge in [-0.2, -0.15) is 18.4 Å². The maximum atomic E-state index is 13.7. The molecule has 4 rings (SSSR count). The zero-order chi connectivity index (χ0) is 23.2. The number of alkyl halides is 3. The van der Waals surface area contributed by atoms with Gasteiger partial charge in [-0.15, -0.1) is 0 Å². The summed E-state index contributed by atoms with van der Waals surface area (Å²) in [5.74, 6) is -0.00743. The first kappa shape index (κ1) is 22.1. The van der Waals surface area contributed by atoms with Crippen molar-refractivity contribution < 1.29 is 18.0 Å². The number of pyridine rings is 1. The SMILES string of the molecule is Cc1cccc(N(C)C(=O)[C@@H]2[C@@H]3CCC[C@@H]3CN2c2nc(C)cc(C(F)(F)F)c2C#N)c1. The van der Waals surface area contributed by atoms with Gasteiger partial charge in [0.15, 0.2) is 0 Å². The van der Waals surface area contributed by atoms with Crippen LogP contribution >= 0.6 is 0 Å². The maximum Gasteiger partial charge on any atom is 0.417 e. The van der Waals surface area contributed by atoms with Crippen molar-refractivity contribution in [2.24, 2.45) is 11.8 Å². The van der Waals surface area contributed by atoms with Crippen molar-refractivity contribution in [2.45, 2.75) is 45.3 Å². The van der Waals surface area contributed by atoms with Gasteiger partial charge in [0.2, 0.25) is 5.91 Å². The summed E-state index contributed by atoms with van der Waals surface area (Å²) in [6, 6.07) is 9.50. The normalized spacial score (nSPS) is 22.5. The predicted molar refractivity (Wildman–Crippen MR) is 115 cm³/mol. The number of likely N-dealkylation sites (N-methyl/N-ethyl adjacent to an activating group) is 1. The zero-order valence-corrected chi connectivity index (χ0v) is 18.3. The quantitative estimate of drug-likeness (QED) is 0.681. The van der Waals surface area contributed by atoms with Crippen LogP contribution in [0.4, 0.5) is 24.7 Å². The number of benzene rings is 1. The highest BCUT2D eigenvalue weighted by molar-refractivity contribution is 5.99. The molecule has 32 heavy (non-hydrogen) atoms. The smallest absolute Gasteiger partial charge is 0.343 e. The average molecular weight is 442 g/mol. The molecule has 2 aromatic rings. The lowest BCUT2D eigenvalue weighted by Crippen LogP contribution is -2.48. The molecule has 5 nitrogen and oxygen atoms in total. The molecule has 1 amide bonds. The van der Waals surface area contributed by atoms with Gasteiger partial charge in [-0.05, 0) is 62.3 Å². The number of carbonyl (C=O) groups is 1. The number of anilines is 2. The Morgan fingerprint density at radius 1 is 1.25 bits per heavy atom. The van der Waals surface area contributed by atoms with Crippen molar-refractivity contribution in [3.8, 4) is 6.07 Å². The van der Waals surface area contributed by atoms with E-state index in [9.17, 15) is 23.2 Å². The Morgan fingerprint density at radius 3 is 2.66 bits per heavy atom. The molecule has 0 spiro atoms. The van der Waals surface area contributed by atoms with Gasteiger partial charge in [0.1, 0.15) is 23.5 Å². The molecule has 1 aliphatic heterocycles. The Bertz CT molecular complexity index is 1090. The number of aryl methyl sites for hydroxylation is 2. The maximum absolute atomic E-state index is 13.7. The van der Waals surface area contributed by atoms with Crippen LogP contribution in [0.1, 0.15) is 41.6 Å². The van der Waals surface area contributed by atoms with Crippen molar-refractivity contribution >= 4 is 17.4 Å². The lowest BCUT2D eigenvalue weighted by atomic mass is 9.93. The highest BCUT2D eigenvalue weighted by Gasteiger charge is 2.50. The van der Waals surface area contributed by atoms with Crippen LogP contribution in [0.2, 0.25) is 0 Å². The molecule has 1 aliphatic carbocycles. The molecule has 0 unspecified atom stereocenters. The molecule has 168 valence electrons. The summed E-state index contributed by atoms with van der Waals surface area (Å²) in [7, 11) is 1.69. The third-order valence-corrected chi connectivity index (χ3v) is 6.68. The molecule has 2 aliphatic rings. The van der Waals surface area contributed by atoms with Gasteiger partial charge in [0.25, 0.3) is 0 Å². The van der Waals surface area contributed by atoms with E-state index < -0.39 is 23.3 Å². The standard InChI is InChI=1S/C24H25F3N4O/c1-14-6-4-8-17(10-14)30(3)23(32)21-18-9-5-7-16(18)13-31(21)22-19(12-28)20(24(25,26)27)11-15(2)29-22/h4,6,8,10-11,16,18,21H,5,7,9,13H2,1-3H3/t16-,18-,21+/m1/s1. The first-order valence-electron chi connectivity index (χ1n) is 10.7. The second-order valence-corrected chi connectivity index (χ2v) is 8.81. The third-order valence-electron chi connectivity index (χ3n) is 6.68. The van der Waals surface area contributed by atoms with Crippen molar-refractivity contribution in [3.05, 3.63) is 52.7 Å². The number of halogens is 3. The molecule has 3 atom stereocenters. The molecule has 2 fully saturated rings. The molecule has 0 bridgehead atoms. The Kier molecular flexibility index (Phi) is 5.61. The summed E-state index contributed by atoms with van der Waals surface area (Å²) in [5, 5.41) is 9.65. The number of rotatable bonds is 3. The van der Waals surface area contributed by atoms with Crippen LogP contribution in [0.5, 0.6) is 0 Å². The lowest BCUT2D eigenvalue weighted by molar-refractivity contribution is -0.137. The van der Waals surface area contributed by atoms with E-state index in [4.69, 9.17) is 0 Å². The summed E-state index contributed by atoms with van der Waals surface area (Å²) in [6.07, 6.45) is -1.94. The number of aromatic nitrogens is 1. The van der Waals surface area contributed by atoms with E-state index in [0.29, 0.717) is 6.54 Å². The summed E-state index contributed by atoms with van der Waals surface area (Å²) >= 11 is 0. The number of nitriles is 1. The molecule has 8 heteroatoms. The van der Waals surface area contributed by atoms with Gasteiger partial charge in [0, 0.05) is 25.0 Å². The second-order valence-electron chi connectivity index (χ2n) is 8.81. The van der Waals surface area contributed by atoms with E-state index >= 15 is 0 Å². The zero-order valence-electron chi connectivity index (χ0n) is 18.3. The number of fused-ring (bicyclic) bond motifs is 1. The molecule has 1 saturated carbocycles. The van der Waals surface area contributed by atoms with Crippen LogP contribution in [0.15, 0.2) is 30.3 Å². The Hall–Kier alpha value is -3.08. The Balaban J connectivity index is 1.80. The largest absolute Gasteiger partial charge is 0.417 e. The molecule has 2 heterocycles. The minimum atomic E-state index is -4.68. The van der Waals surface area contributed by atoms with Gasteiger partial charge < -0.3 is 9.80 Å². The van der Waals surface area contributed by atoms with Crippen LogP contribution in [-0.4, -0.2) is 30.5 Å². The van der Waals surface area contributed by atoms with Crippen LogP contribution in [0.3, 0.4) is 0 Å². The number of hydrogen-bond acceptors (Lipinski definition) is 4. The van der Waals surface area contributed by atoms with E-state index in [-0.39, 0.29) is 29.3 Å². The highest BCUT2D eigenvalue weighted by Crippen LogP contribution is 2.46. The Labute approximate surface area is 185 Å². The van der Waals surface area contributed by atoms with Gasteiger partial charge in [-0.3, -0.25) is 4.79 Å². The predicted octanol–water partition coefficient (Wildman–Crippen LogP) is 4.86. The van der Waals surface area contributed by atoms with Crippen molar-refractivity contribution in [1.29, 1.82) is 5.26 Å². The van der Waals surface area contributed by atoms with Crippen LogP contribution in [0.25, 0.3) is 0 Å². The number of carbonyl (C=O) groups excluding carboxylic acids is 1. The monoisotopic (exact) mass is 442 g/mol. The molecule has 1 saturated heterocycles. The van der Waals surface area contributed by atoms with Gasteiger partial charge in [0.05, 0.1) is 5.56 Å². The molecular weight excluding hydrogens is 417 g/mol. The summed E-state index contributed by atoms with van der Waals surface area (Å²) < 4.78 is 41.1. The first-order chi connectivity index (χ1) is 15.1. The fraction of sp³-hybridized carbons (Fsp3) is 0.458. The van der Waals surface area contributed by atoms with Crippen LogP contribution in [0, 0.1) is 37.0 Å². The van der Waals surface area contributed by atoms with E-state index in [1.54, 1.807) is 22.9 Å².